The zero-order chi connectivity index (χ0) is 7.82. The second kappa shape index (κ2) is 7.51. The predicted molar refractivity (Wildman–Crippen MR) is 47.8 cm³/mol. The second-order valence-electron chi connectivity index (χ2n) is 2.33. The van der Waals surface area contributed by atoms with Gasteiger partial charge < -0.3 is 10.1 Å². The van der Waals surface area contributed by atoms with Crippen molar-refractivity contribution in [3.05, 3.63) is 0 Å². The van der Waals surface area contributed by atoms with Crippen molar-refractivity contribution in [2.24, 2.45) is 0 Å². The smallest absolute Gasteiger partial charge is 0.0587 e. The highest BCUT2D eigenvalue weighted by Gasteiger charge is 1.97. The molecule has 1 N–H and O–H groups in total. The maximum atomic E-state index is 4.90. The molecule has 0 aromatic carbocycles. The van der Waals surface area contributed by atoms with Gasteiger partial charge in [-0.3, -0.25) is 0 Å². The van der Waals surface area contributed by atoms with Crippen molar-refractivity contribution < 1.29 is 4.74 Å². The van der Waals surface area contributed by atoms with Crippen LogP contribution in [0.3, 0.4) is 0 Å². The lowest BCUT2D eigenvalue weighted by atomic mass is 10.3. The fourth-order valence-electron chi connectivity index (χ4n) is 0.673. The highest BCUT2D eigenvalue weighted by molar-refractivity contribution is 9.09. The third kappa shape index (κ3) is 6.52. The molecule has 0 aliphatic heterocycles. The summed E-state index contributed by atoms with van der Waals surface area (Å²) in [5.74, 6) is 0. The molecule has 0 heterocycles. The van der Waals surface area contributed by atoms with Gasteiger partial charge in [-0.1, -0.05) is 15.9 Å². The summed E-state index contributed by atoms with van der Waals surface area (Å²) in [6.07, 6.45) is 1.17. The Labute approximate surface area is 71.5 Å². The van der Waals surface area contributed by atoms with E-state index >= 15 is 0 Å². The van der Waals surface area contributed by atoms with Crippen LogP contribution in [0.15, 0.2) is 0 Å². The number of ether oxygens (including phenoxy) is 1. The molecule has 62 valence electrons. The molecule has 0 amide bonds. The number of hydrogen-bond donors (Lipinski definition) is 1. The van der Waals surface area contributed by atoms with E-state index in [-0.39, 0.29) is 0 Å². The van der Waals surface area contributed by atoms with E-state index in [1.54, 1.807) is 7.11 Å². The van der Waals surface area contributed by atoms with Crippen molar-refractivity contribution in [3.63, 3.8) is 0 Å². The van der Waals surface area contributed by atoms with Crippen molar-refractivity contribution >= 4 is 15.9 Å². The molecule has 1 unspecified atom stereocenters. The topological polar surface area (TPSA) is 21.3 Å². The van der Waals surface area contributed by atoms with Crippen LogP contribution < -0.4 is 5.32 Å². The molecule has 0 rings (SSSR count). The summed E-state index contributed by atoms with van der Waals surface area (Å²) in [5, 5.41) is 4.39. The molecular formula is C7H16BrNO. The molecule has 0 saturated carbocycles. The molecule has 3 heteroatoms. The first-order chi connectivity index (χ1) is 4.81. The van der Waals surface area contributed by atoms with E-state index in [1.807, 2.05) is 0 Å². The molecule has 0 saturated heterocycles. The summed E-state index contributed by atoms with van der Waals surface area (Å²) in [7, 11) is 1.72. The standard InChI is InChI=1S/C7H16BrNO/c1-7(3-4-8)9-5-6-10-2/h7,9H,3-6H2,1-2H3. The van der Waals surface area contributed by atoms with Crippen LogP contribution in [0.25, 0.3) is 0 Å². The summed E-state index contributed by atoms with van der Waals surface area (Å²) in [6.45, 7) is 3.92. The van der Waals surface area contributed by atoms with Crippen LogP contribution in [-0.4, -0.2) is 31.6 Å². The minimum Gasteiger partial charge on any atom is -0.383 e. The highest BCUT2D eigenvalue weighted by Crippen LogP contribution is 1.93. The van der Waals surface area contributed by atoms with Gasteiger partial charge in [0.15, 0.2) is 0 Å². The van der Waals surface area contributed by atoms with Crippen LogP contribution in [-0.2, 0) is 4.74 Å². The summed E-state index contributed by atoms with van der Waals surface area (Å²) < 4.78 is 4.90. The maximum absolute atomic E-state index is 4.90. The largest absolute Gasteiger partial charge is 0.383 e. The van der Waals surface area contributed by atoms with E-state index < -0.39 is 0 Å². The SMILES string of the molecule is COCCNC(C)CCBr. The lowest BCUT2D eigenvalue weighted by molar-refractivity contribution is 0.196. The zero-order valence-electron chi connectivity index (χ0n) is 6.69. The molecule has 0 aliphatic rings. The molecule has 0 spiro atoms. The number of halogens is 1. The number of hydrogen-bond acceptors (Lipinski definition) is 2. The Bertz CT molecular complexity index is 70.6. The first kappa shape index (κ1) is 10.4. The van der Waals surface area contributed by atoms with Crippen LogP contribution in [0.5, 0.6) is 0 Å². The quantitative estimate of drug-likeness (QED) is 0.528. The van der Waals surface area contributed by atoms with Crippen LogP contribution in [0.2, 0.25) is 0 Å². The summed E-state index contributed by atoms with van der Waals surface area (Å²) >= 11 is 3.39. The Morgan fingerprint density at radius 3 is 2.80 bits per heavy atom. The molecule has 0 radical (unpaired) electrons. The molecule has 0 aliphatic carbocycles. The molecule has 0 bridgehead atoms. The zero-order valence-corrected chi connectivity index (χ0v) is 8.28. The number of methoxy groups -OCH3 is 1. The molecule has 2 nitrogen and oxygen atoms in total. The van der Waals surface area contributed by atoms with Crippen molar-refractivity contribution in [1.29, 1.82) is 0 Å². The van der Waals surface area contributed by atoms with Gasteiger partial charge in [-0.05, 0) is 13.3 Å². The van der Waals surface area contributed by atoms with Crippen molar-refractivity contribution in [2.75, 3.05) is 25.6 Å². The van der Waals surface area contributed by atoms with Gasteiger partial charge in [-0.2, -0.15) is 0 Å². The average molecular weight is 210 g/mol. The van der Waals surface area contributed by atoms with Gasteiger partial charge in [0.05, 0.1) is 6.61 Å². The molecular weight excluding hydrogens is 194 g/mol. The van der Waals surface area contributed by atoms with Crippen LogP contribution in [0, 0.1) is 0 Å². The Morgan fingerprint density at radius 2 is 2.30 bits per heavy atom. The van der Waals surface area contributed by atoms with Crippen LogP contribution >= 0.6 is 15.9 Å². The normalized spacial score (nSPS) is 13.5. The summed E-state index contributed by atoms with van der Waals surface area (Å²) in [6, 6.07) is 0.592. The van der Waals surface area contributed by atoms with Gasteiger partial charge in [-0.25, -0.2) is 0 Å². The van der Waals surface area contributed by atoms with Crippen molar-refractivity contribution in [1.82, 2.24) is 5.32 Å². The van der Waals surface area contributed by atoms with E-state index in [9.17, 15) is 0 Å². The summed E-state index contributed by atoms with van der Waals surface area (Å²) in [4.78, 5) is 0. The molecule has 1 atom stereocenters. The molecule has 0 fully saturated rings. The third-order valence-corrected chi connectivity index (χ3v) is 1.80. The molecule has 10 heavy (non-hydrogen) atoms. The Kier molecular flexibility index (Phi) is 7.81. The van der Waals surface area contributed by atoms with Crippen LogP contribution in [0.1, 0.15) is 13.3 Å². The minimum absolute atomic E-state index is 0.592. The minimum atomic E-state index is 0.592. The lowest BCUT2D eigenvalue weighted by Crippen LogP contribution is -2.29. The maximum Gasteiger partial charge on any atom is 0.0587 e. The first-order valence-corrected chi connectivity index (χ1v) is 4.71. The third-order valence-electron chi connectivity index (χ3n) is 1.34. The van der Waals surface area contributed by atoms with Crippen molar-refractivity contribution in [2.45, 2.75) is 19.4 Å². The Balaban J connectivity index is 2.97. The Hall–Kier alpha value is 0.400. The number of nitrogens with one attached hydrogen (secondary N) is 1. The number of alkyl halides is 1. The van der Waals surface area contributed by atoms with Crippen molar-refractivity contribution in [3.8, 4) is 0 Å². The van der Waals surface area contributed by atoms with E-state index in [2.05, 4.69) is 28.2 Å². The van der Waals surface area contributed by atoms with Gasteiger partial charge in [0.1, 0.15) is 0 Å². The van der Waals surface area contributed by atoms with Gasteiger partial charge in [0.25, 0.3) is 0 Å². The van der Waals surface area contributed by atoms with Gasteiger partial charge >= 0.3 is 0 Å². The van der Waals surface area contributed by atoms with E-state index in [1.165, 1.54) is 6.42 Å². The van der Waals surface area contributed by atoms with Gasteiger partial charge in [0, 0.05) is 25.0 Å². The fourth-order valence-corrected chi connectivity index (χ4v) is 1.36. The highest BCUT2D eigenvalue weighted by atomic mass is 79.9. The van der Waals surface area contributed by atoms with E-state index in [4.69, 9.17) is 4.74 Å². The second-order valence-corrected chi connectivity index (χ2v) is 3.12. The predicted octanol–water partition coefficient (Wildman–Crippen LogP) is 1.40. The van der Waals surface area contributed by atoms with Gasteiger partial charge in [0.2, 0.25) is 0 Å². The first-order valence-electron chi connectivity index (χ1n) is 3.59. The molecule has 0 aromatic rings. The van der Waals surface area contributed by atoms with Gasteiger partial charge in [-0.15, -0.1) is 0 Å². The Morgan fingerprint density at radius 1 is 1.60 bits per heavy atom. The average Bonchev–Trinajstić information content (AvgIpc) is 1.89. The molecule has 0 aromatic heterocycles. The number of rotatable bonds is 6. The fraction of sp³-hybridized carbons (Fsp3) is 1.00. The van der Waals surface area contributed by atoms with E-state index in [0.717, 1.165) is 18.5 Å². The van der Waals surface area contributed by atoms with E-state index in [0.29, 0.717) is 6.04 Å². The monoisotopic (exact) mass is 209 g/mol. The van der Waals surface area contributed by atoms with Crippen LogP contribution in [0.4, 0.5) is 0 Å². The lowest BCUT2D eigenvalue weighted by Gasteiger charge is -2.10. The summed E-state index contributed by atoms with van der Waals surface area (Å²) in [5.41, 5.74) is 0.